The van der Waals surface area contributed by atoms with Crippen molar-refractivity contribution in [2.24, 2.45) is 0 Å². The Labute approximate surface area is 119 Å². The normalized spacial score (nSPS) is 10.5. The molecule has 0 saturated carbocycles. The Morgan fingerprint density at radius 1 is 1.44 bits per heavy atom. The second kappa shape index (κ2) is 6.87. The van der Waals surface area contributed by atoms with Crippen LogP contribution >= 0.6 is 34.7 Å². The van der Waals surface area contributed by atoms with Crippen LogP contribution in [0.25, 0.3) is 0 Å². The summed E-state index contributed by atoms with van der Waals surface area (Å²) in [4.78, 5) is 12.3. The molecular weight excluding hydrogens is 290 g/mol. The molecule has 18 heavy (non-hydrogen) atoms. The van der Waals surface area contributed by atoms with E-state index in [2.05, 4.69) is 5.32 Å². The molecular formula is C12H12ClNO2S2. The summed E-state index contributed by atoms with van der Waals surface area (Å²) < 4.78 is 5.84. The fraction of sp³-hybridized carbons (Fsp3) is 0.250. The summed E-state index contributed by atoms with van der Waals surface area (Å²) in [6.07, 6.45) is 1.66. The van der Waals surface area contributed by atoms with E-state index >= 15 is 0 Å². The van der Waals surface area contributed by atoms with Crippen molar-refractivity contribution in [3.63, 3.8) is 0 Å². The lowest BCUT2D eigenvalue weighted by molar-refractivity contribution is 0.0960. The van der Waals surface area contributed by atoms with Crippen LogP contribution in [0.4, 0.5) is 0 Å². The summed E-state index contributed by atoms with van der Waals surface area (Å²) in [6.45, 7) is 0.639. The number of thioether (sulfide) groups is 1. The van der Waals surface area contributed by atoms with Gasteiger partial charge in [0.25, 0.3) is 5.91 Å². The van der Waals surface area contributed by atoms with Gasteiger partial charge in [-0.3, -0.25) is 4.79 Å². The number of carbonyl (C=O) groups excluding carboxylic acids is 1. The highest BCUT2D eigenvalue weighted by Gasteiger charge is 2.07. The van der Waals surface area contributed by atoms with Crippen LogP contribution in [0.1, 0.15) is 15.4 Å². The van der Waals surface area contributed by atoms with Crippen LogP contribution in [0.15, 0.2) is 34.9 Å². The molecule has 0 radical (unpaired) electrons. The maximum atomic E-state index is 11.7. The molecule has 1 N–H and O–H groups in total. The van der Waals surface area contributed by atoms with Gasteiger partial charge in [-0.2, -0.15) is 11.8 Å². The van der Waals surface area contributed by atoms with E-state index in [0.29, 0.717) is 15.8 Å². The van der Waals surface area contributed by atoms with Gasteiger partial charge in [0, 0.05) is 12.3 Å². The van der Waals surface area contributed by atoms with Crippen molar-refractivity contribution in [2.45, 2.75) is 5.75 Å². The lowest BCUT2D eigenvalue weighted by Crippen LogP contribution is -2.24. The first-order valence-corrected chi connectivity index (χ1v) is 7.74. The number of thiophene rings is 1. The summed E-state index contributed by atoms with van der Waals surface area (Å²) in [5.41, 5.74) is 0. The van der Waals surface area contributed by atoms with Crippen molar-refractivity contribution in [1.82, 2.24) is 5.32 Å². The van der Waals surface area contributed by atoms with Crippen LogP contribution in [0.5, 0.6) is 0 Å². The van der Waals surface area contributed by atoms with E-state index < -0.39 is 0 Å². The van der Waals surface area contributed by atoms with E-state index in [4.69, 9.17) is 16.0 Å². The molecule has 0 unspecified atom stereocenters. The number of halogens is 1. The molecule has 0 fully saturated rings. The van der Waals surface area contributed by atoms with Crippen LogP contribution in [0, 0.1) is 0 Å². The van der Waals surface area contributed by atoms with Gasteiger partial charge in [0.2, 0.25) is 0 Å². The number of furan rings is 1. The Hall–Kier alpha value is -0.910. The summed E-state index contributed by atoms with van der Waals surface area (Å²) in [5.74, 6) is 2.57. The summed E-state index contributed by atoms with van der Waals surface area (Å²) in [5, 5.41) is 2.85. The van der Waals surface area contributed by atoms with Crippen LogP contribution in [0.2, 0.25) is 4.34 Å². The molecule has 0 atom stereocenters. The zero-order valence-electron chi connectivity index (χ0n) is 9.52. The smallest absolute Gasteiger partial charge is 0.261 e. The lowest BCUT2D eigenvalue weighted by Gasteiger charge is -2.02. The Morgan fingerprint density at radius 3 is 3.00 bits per heavy atom. The van der Waals surface area contributed by atoms with E-state index in [1.54, 1.807) is 30.2 Å². The molecule has 3 nitrogen and oxygen atoms in total. The third-order valence-corrected chi connectivity index (χ3v) is 4.36. The quantitative estimate of drug-likeness (QED) is 0.828. The van der Waals surface area contributed by atoms with Crippen molar-refractivity contribution >= 4 is 40.6 Å². The predicted molar refractivity (Wildman–Crippen MR) is 76.5 cm³/mol. The molecule has 0 bridgehead atoms. The minimum absolute atomic E-state index is 0.0644. The molecule has 96 valence electrons. The number of hydrogen-bond acceptors (Lipinski definition) is 4. The zero-order chi connectivity index (χ0) is 12.8. The van der Waals surface area contributed by atoms with Crippen molar-refractivity contribution in [3.05, 3.63) is 45.5 Å². The van der Waals surface area contributed by atoms with E-state index in [0.717, 1.165) is 17.3 Å². The van der Waals surface area contributed by atoms with Gasteiger partial charge < -0.3 is 9.73 Å². The number of amides is 1. The molecule has 0 spiro atoms. The van der Waals surface area contributed by atoms with Crippen LogP contribution in [-0.4, -0.2) is 18.2 Å². The van der Waals surface area contributed by atoms with E-state index in [1.165, 1.54) is 11.3 Å². The third-order valence-electron chi connectivity index (χ3n) is 2.15. The van der Waals surface area contributed by atoms with Gasteiger partial charge in [-0.1, -0.05) is 11.6 Å². The van der Waals surface area contributed by atoms with Gasteiger partial charge in [0.15, 0.2) is 0 Å². The molecule has 0 saturated heterocycles. The summed E-state index contributed by atoms with van der Waals surface area (Å²) >= 11 is 8.78. The highest BCUT2D eigenvalue weighted by atomic mass is 35.5. The van der Waals surface area contributed by atoms with Gasteiger partial charge in [-0.15, -0.1) is 11.3 Å². The molecule has 2 rings (SSSR count). The largest absolute Gasteiger partial charge is 0.468 e. The standard InChI is InChI=1S/C12H12ClNO2S2/c13-11-4-3-10(18-11)12(15)14-5-7-17-8-9-2-1-6-16-9/h1-4,6H,5,7-8H2,(H,14,15). The van der Waals surface area contributed by atoms with Gasteiger partial charge in [-0.25, -0.2) is 0 Å². The highest BCUT2D eigenvalue weighted by molar-refractivity contribution is 7.98. The molecule has 0 aromatic carbocycles. The predicted octanol–water partition coefficient (Wildman–Crippen LogP) is 3.66. The first-order valence-electron chi connectivity index (χ1n) is 5.39. The average molecular weight is 302 g/mol. The van der Waals surface area contributed by atoms with Crippen molar-refractivity contribution in [1.29, 1.82) is 0 Å². The molecule has 6 heteroatoms. The van der Waals surface area contributed by atoms with Gasteiger partial charge in [0.05, 0.1) is 21.2 Å². The molecule has 0 aliphatic rings. The van der Waals surface area contributed by atoms with Gasteiger partial charge in [0.1, 0.15) is 5.76 Å². The van der Waals surface area contributed by atoms with Gasteiger partial charge in [-0.05, 0) is 24.3 Å². The third kappa shape index (κ3) is 4.08. The van der Waals surface area contributed by atoms with E-state index in [1.807, 2.05) is 12.1 Å². The fourth-order valence-electron chi connectivity index (χ4n) is 1.33. The zero-order valence-corrected chi connectivity index (χ0v) is 11.9. The number of nitrogens with one attached hydrogen (secondary N) is 1. The first kappa shape index (κ1) is 13.5. The number of carbonyl (C=O) groups is 1. The Bertz CT molecular complexity index is 496. The maximum Gasteiger partial charge on any atom is 0.261 e. The Balaban J connectivity index is 1.62. The van der Waals surface area contributed by atoms with Crippen molar-refractivity contribution in [3.8, 4) is 0 Å². The average Bonchev–Trinajstić information content (AvgIpc) is 2.99. The van der Waals surface area contributed by atoms with Crippen molar-refractivity contribution < 1.29 is 9.21 Å². The van der Waals surface area contributed by atoms with Crippen LogP contribution in [0.3, 0.4) is 0 Å². The van der Waals surface area contributed by atoms with Crippen molar-refractivity contribution in [2.75, 3.05) is 12.3 Å². The minimum atomic E-state index is -0.0644. The van der Waals surface area contributed by atoms with Crippen LogP contribution < -0.4 is 5.32 Å². The molecule has 2 heterocycles. The summed E-state index contributed by atoms with van der Waals surface area (Å²) in [7, 11) is 0. The first-order chi connectivity index (χ1) is 8.75. The number of hydrogen-bond donors (Lipinski definition) is 1. The molecule has 0 aliphatic heterocycles. The second-order valence-corrected chi connectivity index (χ2v) is 6.31. The fourth-order valence-corrected chi connectivity index (χ4v) is 3.04. The number of rotatable bonds is 6. The monoisotopic (exact) mass is 301 g/mol. The van der Waals surface area contributed by atoms with Crippen LogP contribution in [-0.2, 0) is 5.75 Å². The molecule has 0 aliphatic carbocycles. The van der Waals surface area contributed by atoms with Gasteiger partial charge >= 0.3 is 0 Å². The Kier molecular flexibility index (Phi) is 5.16. The highest BCUT2D eigenvalue weighted by Crippen LogP contribution is 2.21. The minimum Gasteiger partial charge on any atom is -0.468 e. The Morgan fingerprint density at radius 2 is 2.33 bits per heavy atom. The maximum absolute atomic E-state index is 11.7. The second-order valence-electron chi connectivity index (χ2n) is 3.49. The molecule has 1 amide bonds. The molecule has 2 aromatic rings. The van der Waals surface area contributed by atoms with E-state index in [9.17, 15) is 4.79 Å². The topological polar surface area (TPSA) is 42.2 Å². The SMILES string of the molecule is O=C(NCCSCc1ccco1)c1ccc(Cl)s1. The lowest BCUT2D eigenvalue weighted by atomic mass is 10.4. The molecule has 2 aromatic heterocycles. The summed E-state index contributed by atoms with van der Waals surface area (Å²) in [6, 6.07) is 7.28. The van der Waals surface area contributed by atoms with E-state index in [-0.39, 0.29) is 5.91 Å².